The van der Waals surface area contributed by atoms with Gasteiger partial charge in [-0.2, -0.15) is 13.2 Å². The smallest absolute Gasteiger partial charge is 0.349 e. The summed E-state index contributed by atoms with van der Waals surface area (Å²) in [4.78, 5) is 21.2. The summed E-state index contributed by atoms with van der Waals surface area (Å²) in [7, 11) is -1.76. The lowest BCUT2D eigenvalue weighted by atomic mass is 10.1. The number of allylic oxidation sites excluding steroid dienone is 4. The highest BCUT2D eigenvalue weighted by atomic mass is 32.2. The van der Waals surface area contributed by atoms with Gasteiger partial charge in [0.05, 0.1) is 28.4 Å². The third kappa shape index (κ3) is 6.70. The van der Waals surface area contributed by atoms with E-state index in [2.05, 4.69) is 21.9 Å². The topological polar surface area (TPSA) is 75.2 Å². The zero-order valence-electron chi connectivity index (χ0n) is 18.9. The summed E-state index contributed by atoms with van der Waals surface area (Å²) >= 11 is 0. The fraction of sp³-hybridized carbons (Fsp3) is 0.292. The number of alkyl halides is 3. The van der Waals surface area contributed by atoms with E-state index in [0.717, 1.165) is 18.2 Å². The minimum Gasteiger partial charge on any atom is -0.349 e. The van der Waals surface area contributed by atoms with Gasteiger partial charge in [-0.1, -0.05) is 30.9 Å². The Morgan fingerprint density at radius 2 is 2.00 bits per heavy atom. The van der Waals surface area contributed by atoms with E-state index in [4.69, 9.17) is 0 Å². The highest BCUT2D eigenvalue weighted by molar-refractivity contribution is 7.87. The lowest BCUT2D eigenvalue weighted by molar-refractivity contribution is -0.137. The third-order valence-electron chi connectivity index (χ3n) is 5.35. The number of amides is 1. The molecule has 2 heterocycles. The molecule has 1 saturated heterocycles. The molecule has 0 aliphatic carbocycles. The van der Waals surface area contributed by atoms with Gasteiger partial charge in [-0.3, -0.25) is 4.79 Å². The van der Waals surface area contributed by atoms with Crippen molar-refractivity contribution in [3.05, 3.63) is 83.5 Å². The van der Waals surface area contributed by atoms with Crippen LogP contribution in [0.5, 0.6) is 0 Å². The first-order valence-electron chi connectivity index (χ1n) is 10.7. The Kier molecular flexibility index (Phi) is 8.68. The van der Waals surface area contributed by atoms with Crippen LogP contribution in [0.2, 0.25) is 0 Å². The fourth-order valence-electron chi connectivity index (χ4n) is 3.51. The first kappa shape index (κ1) is 26.4. The van der Waals surface area contributed by atoms with Gasteiger partial charge in [0.15, 0.2) is 0 Å². The van der Waals surface area contributed by atoms with Crippen molar-refractivity contribution in [2.45, 2.75) is 38.5 Å². The molecule has 11 heteroatoms. The van der Waals surface area contributed by atoms with Crippen LogP contribution in [0.4, 0.5) is 17.6 Å². The Morgan fingerprint density at radius 1 is 1.29 bits per heavy atom. The molecule has 1 unspecified atom stereocenters. The van der Waals surface area contributed by atoms with Crippen molar-refractivity contribution in [2.24, 2.45) is 0 Å². The van der Waals surface area contributed by atoms with E-state index in [-0.39, 0.29) is 17.4 Å². The van der Waals surface area contributed by atoms with Crippen LogP contribution < -0.4 is 5.32 Å². The SMILES string of the molecule is C=C/C(=C\C(F)=C/C)S(=O)N1CCC[C@H]1C(=O)NCc1cc(-c2ccc(C(F)(F)F)cc2)ncn1. The van der Waals surface area contributed by atoms with Gasteiger partial charge >= 0.3 is 6.18 Å². The van der Waals surface area contributed by atoms with Crippen LogP contribution in [0, 0.1) is 0 Å². The molecule has 0 bridgehead atoms. The van der Waals surface area contributed by atoms with E-state index in [1.54, 1.807) is 6.07 Å². The molecule has 0 spiro atoms. The largest absolute Gasteiger partial charge is 0.416 e. The minimum absolute atomic E-state index is 0.0450. The molecule has 0 radical (unpaired) electrons. The average molecular weight is 509 g/mol. The second-order valence-corrected chi connectivity index (χ2v) is 9.10. The van der Waals surface area contributed by atoms with Crippen molar-refractivity contribution < 1.29 is 26.6 Å². The Bertz CT molecular complexity index is 1160. The molecule has 1 aliphatic rings. The zero-order valence-corrected chi connectivity index (χ0v) is 19.7. The van der Waals surface area contributed by atoms with Crippen LogP contribution in [0.1, 0.15) is 31.0 Å². The minimum atomic E-state index is -4.43. The second-order valence-electron chi connectivity index (χ2n) is 7.66. The van der Waals surface area contributed by atoms with Gasteiger partial charge in [0.1, 0.15) is 29.2 Å². The Labute approximate surface area is 203 Å². The summed E-state index contributed by atoms with van der Waals surface area (Å²) in [6.07, 6.45) is 1.62. The molecule has 2 aromatic rings. The van der Waals surface area contributed by atoms with Gasteiger partial charge in [0, 0.05) is 12.1 Å². The summed E-state index contributed by atoms with van der Waals surface area (Å²) < 4.78 is 66.5. The van der Waals surface area contributed by atoms with Crippen LogP contribution in [0.15, 0.2) is 72.2 Å². The Hall–Kier alpha value is -3.18. The molecular weight excluding hydrogens is 484 g/mol. The van der Waals surface area contributed by atoms with Crippen LogP contribution in [-0.2, 0) is 28.5 Å². The number of nitrogens with one attached hydrogen (secondary N) is 1. The molecule has 1 aliphatic heterocycles. The molecular formula is C24H24F4N4O2S. The summed E-state index contributed by atoms with van der Waals surface area (Å²) in [5.74, 6) is -0.915. The Balaban J connectivity index is 1.67. The summed E-state index contributed by atoms with van der Waals surface area (Å²) in [5.41, 5.74) is 0.579. The van der Waals surface area contributed by atoms with E-state index in [0.29, 0.717) is 36.3 Å². The van der Waals surface area contributed by atoms with E-state index in [1.807, 2.05) is 0 Å². The number of hydrogen-bond acceptors (Lipinski definition) is 4. The molecule has 186 valence electrons. The molecule has 0 saturated carbocycles. The summed E-state index contributed by atoms with van der Waals surface area (Å²) in [5, 5.41) is 2.76. The number of aromatic nitrogens is 2. The highest BCUT2D eigenvalue weighted by Gasteiger charge is 2.35. The molecule has 1 amide bonds. The van der Waals surface area contributed by atoms with Crippen molar-refractivity contribution >= 4 is 16.9 Å². The molecule has 1 aromatic heterocycles. The number of benzene rings is 1. The number of hydrogen-bond donors (Lipinski definition) is 1. The fourth-order valence-corrected chi connectivity index (χ4v) is 4.87. The van der Waals surface area contributed by atoms with Gasteiger partial charge in [0.25, 0.3) is 0 Å². The zero-order chi connectivity index (χ0) is 25.6. The van der Waals surface area contributed by atoms with Crippen molar-refractivity contribution in [3.63, 3.8) is 0 Å². The molecule has 1 aromatic carbocycles. The van der Waals surface area contributed by atoms with Crippen molar-refractivity contribution in [2.75, 3.05) is 6.54 Å². The average Bonchev–Trinajstić information content (AvgIpc) is 3.35. The predicted molar refractivity (Wildman–Crippen MR) is 125 cm³/mol. The van der Waals surface area contributed by atoms with Gasteiger partial charge < -0.3 is 5.32 Å². The molecule has 1 N–H and O–H groups in total. The highest BCUT2D eigenvalue weighted by Crippen LogP contribution is 2.30. The van der Waals surface area contributed by atoms with E-state index < -0.39 is 34.6 Å². The maximum atomic E-state index is 13.7. The number of halogens is 4. The quantitative estimate of drug-likeness (QED) is 0.409. The van der Waals surface area contributed by atoms with Crippen molar-refractivity contribution in [3.8, 4) is 11.3 Å². The molecule has 3 rings (SSSR count). The van der Waals surface area contributed by atoms with Gasteiger partial charge in [-0.05, 0) is 44.0 Å². The van der Waals surface area contributed by atoms with E-state index in [1.165, 1.54) is 41.8 Å². The number of carbonyl (C=O) groups is 1. The standard InChI is InChI=1S/C24H24F4N4O2S/c1-3-18(25)12-20(4-2)35(34)32-11-5-6-22(32)23(33)29-14-19-13-21(31-15-30-19)16-7-9-17(10-8-16)24(26,27)28/h3-4,7-10,12-13,15,22H,2,5-6,11,14H2,1H3,(H,29,33)/b18-3+,20-12+/t22-,35?/m0/s1. The maximum absolute atomic E-state index is 13.7. The normalized spacial score (nSPS) is 18.4. The lowest BCUT2D eigenvalue weighted by Gasteiger charge is -2.22. The summed E-state index contributed by atoms with van der Waals surface area (Å²) in [6.45, 7) is 5.54. The third-order valence-corrected chi connectivity index (χ3v) is 6.90. The van der Waals surface area contributed by atoms with E-state index in [9.17, 15) is 26.6 Å². The summed E-state index contributed by atoms with van der Waals surface area (Å²) in [6, 6.07) is 5.49. The maximum Gasteiger partial charge on any atom is 0.416 e. The molecule has 2 atom stereocenters. The van der Waals surface area contributed by atoms with Crippen molar-refractivity contribution in [1.82, 2.24) is 19.6 Å². The van der Waals surface area contributed by atoms with Gasteiger partial charge in [0.2, 0.25) is 5.91 Å². The lowest BCUT2D eigenvalue weighted by Crippen LogP contribution is -2.43. The van der Waals surface area contributed by atoms with Gasteiger partial charge in [-0.25, -0.2) is 22.9 Å². The number of carbonyl (C=O) groups excluding carboxylic acids is 1. The van der Waals surface area contributed by atoms with Crippen LogP contribution in [0.25, 0.3) is 11.3 Å². The number of nitrogens with zero attached hydrogens (tertiary/aromatic N) is 3. The molecule has 1 fully saturated rings. The molecule has 35 heavy (non-hydrogen) atoms. The van der Waals surface area contributed by atoms with Crippen LogP contribution in [0.3, 0.4) is 0 Å². The van der Waals surface area contributed by atoms with Crippen molar-refractivity contribution in [1.29, 1.82) is 0 Å². The molecule has 6 nitrogen and oxygen atoms in total. The first-order valence-corrected chi connectivity index (χ1v) is 11.9. The monoisotopic (exact) mass is 508 g/mol. The predicted octanol–water partition coefficient (Wildman–Crippen LogP) is 4.85. The first-order chi connectivity index (χ1) is 16.6. The van der Waals surface area contributed by atoms with E-state index >= 15 is 0 Å². The van der Waals surface area contributed by atoms with Gasteiger partial charge in [-0.15, -0.1) is 0 Å². The number of rotatable bonds is 8. The van der Waals surface area contributed by atoms with Crippen LogP contribution >= 0.6 is 0 Å². The Morgan fingerprint density at radius 3 is 2.63 bits per heavy atom. The van der Waals surface area contributed by atoms with Crippen LogP contribution in [-0.4, -0.2) is 37.0 Å². The second kappa shape index (κ2) is 11.5.